The van der Waals surface area contributed by atoms with Crippen LogP contribution in [0.2, 0.25) is 0 Å². The van der Waals surface area contributed by atoms with E-state index in [0.717, 1.165) is 23.4 Å². The summed E-state index contributed by atoms with van der Waals surface area (Å²) in [7, 11) is 0. The molecule has 0 unspecified atom stereocenters. The Balaban J connectivity index is 1.74. The van der Waals surface area contributed by atoms with Gasteiger partial charge in [-0.3, -0.25) is 4.90 Å². The van der Waals surface area contributed by atoms with E-state index in [2.05, 4.69) is 32.4 Å². The molecule has 0 radical (unpaired) electrons. The average Bonchev–Trinajstić information content (AvgIpc) is 3.07. The van der Waals surface area contributed by atoms with E-state index < -0.39 is 0 Å². The highest BCUT2D eigenvalue weighted by molar-refractivity contribution is 7.09. The highest BCUT2D eigenvalue weighted by atomic mass is 32.1. The number of hydrogen-bond acceptors (Lipinski definition) is 4. The number of nitrogens with zero attached hydrogens (tertiary/aromatic N) is 2. The molecule has 4 nitrogen and oxygen atoms in total. The van der Waals surface area contributed by atoms with Gasteiger partial charge in [-0.25, -0.2) is 4.98 Å². The predicted molar refractivity (Wildman–Crippen MR) is 81.6 cm³/mol. The van der Waals surface area contributed by atoms with Crippen molar-refractivity contribution in [3.05, 3.63) is 52.5 Å². The second-order valence-electron chi connectivity index (χ2n) is 4.71. The number of imidazole rings is 1. The third-order valence-corrected chi connectivity index (χ3v) is 4.05. The summed E-state index contributed by atoms with van der Waals surface area (Å²) in [5, 5.41) is 11.3. The lowest BCUT2D eigenvalue weighted by Gasteiger charge is -2.19. The van der Waals surface area contributed by atoms with Crippen molar-refractivity contribution in [1.82, 2.24) is 14.9 Å². The van der Waals surface area contributed by atoms with Crippen LogP contribution in [0.4, 0.5) is 0 Å². The maximum Gasteiger partial charge on any atom is 0.121 e. The fourth-order valence-corrected chi connectivity index (χ4v) is 3.02. The van der Waals surface area contributed by atoms with Gasteiger partial charge in [-0.1, -0.05) is 18.2 Å². The third-order valence-electron chi connectivity index (χ3n) is 3.19. The van der Waals surface area contributed by atoms with Gasteiger partial charge in [0.25, 0.3) is 0 Å². The van der Waals surface area contributed by atoms with Gasteiger partial charge in [0, 0.05) is 18.0 Å². The van der Waals surface area contributed by atoms with Gasteiger partial charge in [-0.05, 0) is 23.6 Å². The Morgan fingerprint density at radius 1 is 1.15 bits per heavy atom. The number of aromatic nitrogens is 2. The molecule has 2 aromatic heterocycles. The van der Waals surface area contributed by atoms with Crippen LogP contribution in [0.25, 0.3) is 11.0 Å². The van der Waals surface area contributed by atoms with Gasteiger partial charge >= 0.3 is 0 Å². The van der Waals surface area contributed by atoms with Crippen molar-refractivity contribution in [3.63, 3.8) is 0 Å². The molecular weight excluding hydrogens is 270 g/mol. The molecule has 0 aliphatic carbocycles. The zero-order chi connectivity index (χ0) is 13.8. The van der Waals surface area contributed by atoms with Crippen LogP contribution in [-0.4, -0.2) is 33.1 Å². The maximum atomic E-state index is 9.21. The minimum Gasteiger partial charge on any atom is -0.395 e. The van der Waals surface area contributed by atoms with E-state index in [1.165, 1.54) is 4.88 Å². The first-order valence-electron chi connectivity index (χ1n) is 6.64. The largest absolute Gasteiger partial charge is 0.395 e. The zero-order valence-corrected chi connectivity index (χ0v) is 11.9. The van der Waals surface area contributed by atoms with E-state index in [4.69, 9.17) is 0 Å². The molecule has 5 heteroatoms. The normalized spacial score (nSPS) is 11.5. The maximum absolute atomic E-state index is 9.21. The highest BCUT2D eigenvalue weighted by Gasteiger charge is 2.10. The smallest absolute Gasteiger partial charge is 0.121 e. The average molecular weight is 287 g/mol. The lowest BCUT2D eigenvalue weighted by molar-refractivity contribution is 0.183. The van der Waals surface area contributed by atoms with Gasteiger partial charge in [0.05, 0.1) is 24.2 Å². The van der Waals surface area contributed by atoms with E-state index in [-0.39, 0.29) is 6.61 Å². The predicted octanol–water partition coefficient (Wildman–Crippen LogP) is 2.62. The standard InChI is InChI=1S/C15H17N3OS/c19-8-7-18(10-12-4-3-9-20-12)11-15-16-13-5-1-2-6-14(13)17-15/h1-6,9,19H,7-8,10-11H2,(H,16,17). The van der Waals surface area contributed by atoms with Crippen molar-refractivity contribution in [2.75, 3.05) is 13.2 Å². The number of aliphatic hydroxyl groups is 1. The van der Waals surface area contributed by atoms with Crippen molar-refractivity contribution >= 4 is 22.4 Å². The molecule has 0 aliphatic rings. The van der Waals surface area contributed by atoms with Crippen molar-refractivity contribution < 1.29 is 5.11 Å². The van der Waals surface area contributed by atoms with E-state index in [9.17, 15) is 5.11 Å². The second kappa shape index (κ2) is 6.17. The van der Waals surface area contributed by atoms with Gasteiger partial charge < -0.3 is 10.1 Å². The summed E-state index contributed by atoms with van der Waals surface area (Å²) in [5.41, 5.74) is 2.05. The van der Waals surface area contributed by atoms with Crippen LogP contribution in [0.5, 0.6) is 0 Å². The summed E-state index contributed by atoms with van der Waals surface area (Å²) in [4.78, 5) is 11.4. The Bertz CT molecular complexity index is 630. The van der Waals surface area contributed by atoms with Gasteiger partial charge in [0.1, 0.15) is 5.82 Å². The molecule has 3 aromatic rings. The van der Waals surface area contributed by atoms with Crippen molar-refractivity contribution in [2.24, 2.45) is 0 Å². The number of H-pyrrole nitrogens is 1. The van der Waals surface area contributed by atoms with Crippen LogP contribution in [-0.2, 0) is 13.1 Å². The van der Waals surface area contributed by atoms with E-state index in [1.807, 2.05) is 24.3 Å². The van der Waals surface area contributed by atoms with Gasteiger partial charge in [0.15, 0.2) is 0 Å². The first-order chi connectivity index (χ1) is 9.85. The van der Waals surface area contributed by atoms with Gasteiger partial charge in [-0.15, -0.1) is 11.3 Å². The first kappa shape index (κ1) is 13.3. The lowest BCUT2D eigenvalue weighted by Crippen LogP contribution is -2.26. The molecular formula is C15H17N3OS. The van der Waals surface area contributed by atoms with E-state index >= 15 is 0 Å². The summed E-state index contributed by atoms with van der Waals surface area (Å²) in [6.07, 6.45) is 0. The second-order valence-corrected chi connectivity index (χ2v) is 5.75. The Kier molecular flexibility index (Phi) is 4.11. The van der Waals surface area contributed by atoms with Crippen LogP contribution < -0.4 is 0 Å². The molecule has 2 heterocycles. The highest BCUT2D eigenvalue weighted by Crippen LogP contribution is 2.15. The number of benzene rings is 1. The summed E-state index contributed by atoms with van der Waals surface area (Å²) < 4.78 is 0. The number of fused-ring (bicyclic) bond motifs is 1. The SMILES string of the molecule is OCCN(Cc1nc2ccccc2[nH]1)Cc1cccs1. The van der Waals surface area contributed by atoms with Crippen LogP contribution in [0.15, 0.2) is 41.8 Å². The molecule has 0 amide bonds. The molecule has 0 aliphatic heterocycles. The van der Waals surface area contributed by atoms with Crippen LogP contribution >= 0.6 is 11.3 Å². The molecule has 2 N–H and O–H groups in total. The minimum atomic E-state index is 0.158. The Labute approximate surface area is 121 Å². The molecule has 104 valence electrons. The van der Waals surface area contributed by atoms with E-state index in [1.54, 1.807) is 11.3 Å². The summed E-state index contributed by atoms with van der Waals surface area (Å²) in [5.74, 6) is 0.941. The molecule has 3 rings (SSSR count). The Morgan fingerprint density at radius 2 is 2.05 bits per heavy atom. The monoisotopic (exact) mass is 287 g/mol. The van der Waals surface area contributed by atoms with Crippen LogP contribution in [0, 0.1) is 0 Å². The third kappa shape index (κ3) is 3.07. The summed E-state index contributed by atoms with van der Waals surface area (Å²) in [6, 6.07) is 12.2. The Morgan fingerprint density at radius 3 is 2.80 bits per heavy atom. The molecule has 0 spiro atoms. The number of aromatic amines is 1. The fourth-order valence-electron chi connectivity index (χ4n) is 2.27. The van der Waals surface area contributed by atoms with Gasteiger partial charge in [-0.2, -0.15) is 0 Å². The molecule has 0 bridgehead atoms. The molecule has 0 fully saturated rings. The molecule has 1 aromatic carbocycles. The fraction of sp³-hybridized carbons (Fsp3) is 0.267. The zero-order valence-electron chi connectivity index (χ0n) is 11.1. The number of rotatable bonds is 6. The first-order valence-corrected chi connectivity index (χ1v) is 7.52. The minimum absolute atomic E-state index is 0.158. The number of nitrogens with one attached hydrogen (secondary N) is 1. The van der Waals surface area contributed by atoms with Crippen LogP contribution in [0.3, 0.4) is 0 Å². The lowest BCUT2D eigenvalue weighted by atomic mass is 10.3. The molecule has 0 saturated heterocycles. The van der Waals surface area contributed by atoms with Crippen molar-refractivity contribution in [1.29, 1.82) is 0 Å². The molecule has 0 saturated carbocycles. The van der Waals surface area contributed by atoms with Crippen molar-refractivity contribution in [2.45, 2.75) is 13.1 Å². The summed E-state index contributed by atoms with van der Waals surface area (Å²) >= 11 is 1.74. The topological polar surface area (TPSA) is 52.1 Å². The van der Waals surface area contributed by atoms with Crippen molar-refractivity contribution in [3.8, 4) is 0 Å². The number of hydrogen-bond donors (Lipinski definition) is 2. The van der Waals surface area contributed by atoms with Gasteiger partial charge in [0.2, 0.25) is 0 Å². The number of thiophene rings is 1. The van der Waals surface area contributed by atoms with Crippen LogP contribution in [0.1, 0.15) is 10.7 Å². The number of para-hydroxylation sites is 2. The number of aliphatic hydroxyl groups excluding tert-OH is 1. The molecule has 0 atom stereocenters. The molecule has 20 heavy (non-hydrogen) atoms. The quantitative estimate of drug-likeness (QED) is 0.733. The van der Waals surface area contributed by atoms with E-state index in [0.29, 0.717) is 13.1 Å². The summed E-state index contributed by atoms with van der Waals surface area (Å²) in [6.45, 7) is 2.36. The Hall–Kier alpha value is -1.69.